The minimum atomic E-state index is 0.588. The highest BCUT2D eigenvalue weighted by Crippen LogP contribution is 2.17. The van der Waals surface area contributed by atoms with Gasteiger partial charge in [-0.2, -0.15) is 5.26 Å². The van der Waals surface area contributed by atoms with E-state index in [1.165, 1.54) is 4.90 Å². The van der Waals surface area contributed by atoms with Gasteiger partial charge in [0, 0.05) is 17.6 Å². The maximum atomic E-state index is 8.67. The molecule has 0 fully saturated rings. The lowest BCUT2D eigenvalue weighted by Gasteiger charge is -2.05. The van der Waals surface area contributed by atoms with E-state index in [0.29, 0.717) is 5.56 Å². The molecule has 0 unspecified atom stereocenters. The normalized spacial score (nSPS) is 9.84. The number of benzene rings is 1. The number of nitrogens with zero attached hydrogens (tertiary/aromatic N) is 2. The van der Waals surface area contributed by atoms with Crippen molar-refractivity contribution >= 4 is 17.6 Å². The first kappa shape index (κ1) is 13.4. The zero-order valence-corrected chi connectivity index (χ0v) is 11.4. The highest BCUT2D eigenvalue weighted by molar-refractivity contribution is 7.99. The molecule has 1 aromatic heterocycles. The molecule has 4 heteroatoms. The van der Waals surface area contributed by atoms with Crippen LogP contribution >= 0.6 is 11.8 Å². The number of aromatic nitrogens is 1. The van der Waals surface area contributed by atoms with Crippen molar-refractivity contribution in [3.8, 4) is 6.07 Å². The lowest BCUT2D eigenvalue weighted by molar-refractivity contribution is 0.980. The third-order valence-corrected chi connectivity index (χ3v) is 3.63. The van der Waals surface area contributed by atoms with E-state index in [-0.39, 0.29) is 0 Å². The fourth-order valence-electron chi connectivity index (χ4n) is 1.56. The number of anilines is 1. The summed E-state index contributed by atoms with van der Waals surface area (Å²) in [7, 11) is 0. The summed E-state index contributed by atoms with van der Waals surface area (Å²) >= 11 is 1.86. The Morgan fingerprint density at radius 1 is 1.16 bits per heavy atom. The van der Waals surface area contributed by atoms with Crippen molar-refractivity contribution in [1.82, 2.24) is 4.98 Å². The summed E-state index contributed by atoms with van der Waals surface area (Å²) in [6.07, 6.45) is 2.66. The van der Waals surface area contributed by atoms with Crippen LogP contribution in [0.2, 0.25) is 0 Å². The largest absolute Gasteiger partial charge is 0.370 e. The van der Waals surface area contributed by atoms with E-state index < -0.39 is 0 Å². The Kier molecular flexibility index (Phi) is 5.27. The van der Waals surface area contributed by atoms with Crippen molar-refractivity contribution in [3.05, 3.63) is 54.2 Å². The molecule has 0 amide bonds. The van der Waals surface area contributed by atoms with Gasteiger partial charge in [-0.05, 0) is 36.4 Å². The molecular weight excluding hydrogens is 254 g/mol. The second kappa shape index (κ2) is 7.45. The Balaban J connectivity index is 1.65. The van der Waals surface area contributed by atoms with Crippen molar-refractivity contribution in [1.29, 1.82) is 5.26 Å². The van der Waals surface area contributed by atoms with Crippen LogP contribution in [0.4, 0.5) is 5.82 Å². The van der Waals surface area contributed by atoms with Crippen molar-refractivity contribution in [3.63, 3.8) is 0 Å². The van der Waals surface area contributed by atoms with E-state index in [1.54, 1.807) is 12.3 Å². The average Bonchev–Trinajstić information content (AvgIpc) is 2.49. The lowest BCUT2D eigenvalue weighted by atomic mass is 10.3. The highest BCUT2D eigenvalue weighted by Gasteiger charge is 1.96. The average molecular weight is 269 g/mol. The molecule has 0 saturated carbocycles. The van der Waals surface area contributed by atoms with Gasteiger partial charge in [0.15, 0.2) is 0 Å². The van der Waals surface area contributed by atoms with Gasteiger partial charge in [-0.1, -0.05) is 18.2 Å². The lowest BCUT2D eigenvalue weighted by Crippen LogP contribution is -2.04. The van der Waals surface area contributed by atoms with E-state index in [4.69, 9.17) is 5.26 Å². The Morgan fingerprint density at radius 3 is 2.68 bits per heavy atom. The molecule has 0 aliphatic rings. The second-order valence-electron chi connectivity index (χ2n) is 3.99. The molecule has 19 heavy (non-hydrogen) atoms. The van der Waals surface area contributed by atoms with E-state index in [9.17, 15) is 0 Å². The van der Waals surface area contributed by atoms with Gasteiger partial charge in [-0.3, -0.25) is 0 Å². The third-order valence-electron chi connectivity index (χ3n) is 2.53. The topological polar surface area (TPSA) is 48.7 Å². The fraction of sp³-hybridized carbons (Fsp3) is 0.200. The molecule has 1 heterocycles. The molecule has 1 N–H and O–H groups in total. The van der Waals surface area contributed by atoms with E-state index >= 15 is 0 Å². The number of pyridine rings is 1. The predicted molar refractivity (Wildman–Crippen MR) is 79.2 cm³/mol. The van der Waals surface area contributed by atoms with Gasteiger partial charge in [-0.25, -0.2) is 4.98 Å². The maximum Gasteiger partial charge on any atom is 0.125 e. The number of hydrogen-bond donors (Lipinski definition) is 1. The molecule has 0 spiro atoms. The van der Waals surface area contributed by atoms with Crippen LogP contribution in [0.3, 0.4) is 0 Å². The number of nitriles is 1. The van der Waals surface area contributed by atoms with Gasteiger partial charge in [0.2, 0.25) is 0 Å². The third kappa shape index (κ3) is 4.65. The number of nitrogens with one attached hydrogen (secondary N) is 1. The molecule has 0 bridgehead atoms. The summed E-state index contributed by atoms with van der Waals surface area (Å²) in [5.74, 6) is 1.90. The van der Waals surface area contributed by atoms with Crippen molar-refractivity contribution < 1.29 is 0 Å². The zero-order chi connectivity index (χ0) is 13.3. The molecule has 0 saturated heterocycles. The Morgan fingerprint density at radius 2 is 2.00 bits per heavy atom. The monoisotopic (exact) mass is 269 g/mol. The van der Waals surface area contributed by atoms with Crippen LogP contribution in [0.1, 0.15) is 12.0 Å². The number of rotatable bonds is 6. The van der Waals surface area contributed by atoms with Crippen molar-refractivity contribution in [2.45, 2.75) is 11.3 Å². The minimum absolute atomic E-state index is 0.588. The van der Waals surface area contributed by atoms with E-state index in [1.807, 2.05) is 23.9 Å². The Labute approximate surface area is 117 Å². The van der Waals surface area contributed by atoms with Gasteiger partial charge in [0.25, 0.3) is 0 Å². The Bertz CT molecular complexity index is 532. The van der Waals surface area contributed by atoms with Gasteiger partial charge in [0.1, 0.15) is 11.9 Å². The van der Waals surface area contributed by atoms with Gasteiger partial charge >= 0.3 is 0 Å². The maximum absolute atomic E-state index is 8.67. The molecular formula is C15H15N3S. The van der Waals surface area contributed by atoms with Gasteiger partial charge < -0.3 is 5.32 Å². The highest BCUT2D eigenvalue weighted by atomic mass is 32.2. The first-order valence-electron chi connectivity index (χ1n) is 6.16. The van der Waals surface area contributed by atoms with Gasteiger partial charge in [0.05, 0.1) is 5.56 Å². The van der Waals surface area contributed by atoms with Crippen LogP contribution in [0.5, 0.6) is 0 Å². The van der Waals surface area contributed by atoms with Crippen LogP contribution < -0.4 is 5.32 Å². The molecule has 3 nitrogen and oxygen atoms in total. The molecule has 0 radical (unpaired) electrons. The number of thioether (sulfide) groups is 1. The molecule has 0 atom stereocenters. The molecule has 2 rings (SSSR count). The fourth-order valence-corrected chi connectivity index (χ4v) is 2.43. The summed E-state index contributed by atoms with van der Waals surface area (Å²) in [6.45, 7) is 0.888. The zero-order valence-electron chi connectivity index (χ0n) is 10.5. The van der Waals surface area contributed by atoms with Crippen LogP contribution in [-0.2, 0) is 0 Å². The van der Waals surface area contributed by atoms with Crippen LogP contribution in [0.25, 0.3) is 0 Å². The molecule has 0 aliphatic heterocycles. The summed E-state index contributed by atoms with van der Waals surface area (Å²) in [4.78, 5) is 5.47. The first-order chi connectivity index (χ1) is 9.38. The van der Waals surface area contributed by atoms with E-state index in [0.717, 1.165) is 24.5 Å². The quantitative estimate of drug-likeness (QED) is 0.643. The summed E-state index contributed by atoms with van der Waals surface area (Å²) < 4.78 is 0. The summed E-state index contributed by atoms with van der Waals surface area (Å²) in [5, 5.41) is 11.9. The first-order valence-corrected chi connectivity index (χ1v) is 7.15. The minimum Gasteiger partial charge on any atom is -0.370 e. The molecule has 1 aromatic carbocycles. The van der Waals surface area contributed by atoms with Crippen LogP contribution in [-0.4, -0.2) is 17.3 Å². The second-order valence-corrected chi connectivity index (χ2v) is 5.15. The number of hydrogen-bond acceptors (Lipinski definition) is 4. The molecule has 2 aromatic rings. The van der Waals surface area contributed by atoms with Gasteiger partial charge in [-0.15, -0.1) is 11.8 Å². The SMILES string of the molecule is N#Cc1ccc(NCCCSc2ccccc2)nc1. The molecule has 0 aliphatic carbocycles. The smallest absolute Gasteiger partial charge is 0.125 e. The van der Waals surface area contributed by atoms with Crippen LogP contribution in [0, 0.1) is 11.3 Å². The summed E-state index contributed by atoms with van der Waals surface area (Å²) in [6, 6.07) is 16.1. The summed E-state index contributed by atoms with van der Waals surface area (Å²) in [5.41, 5.74) is 0.588. The van der Waals surface area contributed by atoms with Crippen LogP contribution in [0.15, 0.2) is 53.6 Å². The van der Waals surface area contributed by atoms with Crippen molar-refractivity contribution in [2.24, 2.45) is 0 Å². The standard InChI is InChI=1S/C15H15N3S/c16-11-13-7-8-15(18-12-13)17-9-4-10-19-14-5-2-1-3-6-14/h1-3,5-8,12H,4,9-10H2,(H,17,18). The Hall–Kier alpha value is -1.99. The molecule has 96 valence electrons. The van der Waals surface area contributed by atoms with Crippen molar-refractivity contribution in [2.75, 3.05) is 17.6 Å². The predicted octanol–water partition coefficient (Wildman–Crippen LogP) is 3.55. The van der Waals surface area contributed by atoms with E-state index in [2.05, 4.69) is 40.6 Å².